The van der Waals surface area contributed by atoms with Gasteiger partial charge in [-0.25, -0.2) is 0 Å². The molecule has 2 aliphatic rings. The number of piperidine rings is 1. The Bertz CT molecular complexity index is 498. The molecular weight excluding hydrogens is 256 g/mol. The average Bonchev–Trinajstić information content (AvgIpc) is 2.85. The number of phenols is 2. The highest BCUT2D eigenvalue weighted by atomic mass is 16.3. The molecule has 3 N–H and O–H groups in total. The molecule has 0 saturated carbocycles. The van der Waals surface area contributed by atoms with Crippen LogP contribution >= 0.6 is 0 Å². The van der Waals surface area contributed by atoms with Gasteiger partial charge in [-0.05, 0) is 44.4 Å². The summed E-state index contributed by atoms with van der Waals surface area (Å²) in [5.74, 6) is -0.751. The summed E-state index contributed by atoms with van der Waals surface area (Å²) in [6, 6.07) is 5.04. The summed E-state index contributed by atoms with van der Waals surface area (Å²) in [5.41, 5.74) is -0.0265. The first-order chi connectivity index (χ1) is 9.65. The van der Waals surface area contributed by atoms with E-state index in [2.05, 4.69) is 10.2 Å². The van der Waals surface area contributed by atoms with Crippen LogP contribution in [0.3, 0.4) is 0 Å². The Morgan fingerprint density at radius 3 is 2.70 bits per heavy atom. The third-order valence-electron chi connectivity index (χ3n) is 4.40. The number of carbonyl (C=O) groups is 1. The predicted molar refractivity (Wildman–Crippen MR) is 74.9 cm³/mol. The average molecular weight is 276 g/mol. The molecule has 0 radical (unpaired) electrons. The Kier molecular flexibility index (Phi) is 3.53. The zero-order valence-electron chi connectivity index (χ0n) is 11.4. The summed E-state index contributed by atoms with van der Waals surface area (Å²) in [7, 11) is 0. The lowest BCUT2D eigenvalue weighted by atomic mass is 9.97. The van der Waals surface area contributed by atoms with Crippen molar-refractivity contribution in [3.05, 3.63) is 23.8 Å². The van der Waals surface area contributed by atoms with Gasteiger partial charge in [-0.15, -0.1) is 0 Å². The highest BCUT2D eigenvalue weighted by Gasteiger charge is 2.32. The molecule has 0 bridgehead atoms. The molecule has 20 heavy (non-hydrogen) atoms. The van der Waals surface area contributed by atoms with Crippen LogP contribution in [0.2, 0.25) is 0 Å². The number of nitrogens with one attached hydrogen (secondary N) is 1. The van der Waals surface area contributed by atoms with Crippen LogP contribution in [0.5, 0.6) is 11.5 Å². The number of phenolic OH excluding ortho intramolecular Hbond substituents is 2. The summed E-state index contributed by atoms with van der Waals surface area (Å²) in [6.45, 7) is 2.19. The fraction of sp³-hybridized carbons (Fsp3) is 0.533. The maximum absolute atomic E-state index is 12.2. The van der Waals surface area contributed by atoms with Crippen LogP contribution in [-0.2, 0) is 0 Å². The summed E-state index contributed by atoms with van der Waals surface area (Å²) >= 11 is 0. The lowest BCUT2D eigenvalue weighted by Crippen LogP contribution is -2.47. The monoisotopic (exact) mass is 276 g/mol. The second-order valence-electron chi connectivity index (χ2n) is 5.70. The van der Waals surface area contributed by atoms with Crippen molar-refractivity contribution >= 4 is 5.91 Å². The molecule has 0 spiro atoms. The van der Waals surface area contributed by atoms with Gasteiger partial charge in [0.1, 0.15) is 17.1 Å². The summed E-state index contributed by atoms with van der Waals surface area (Å²) < 4.78 is 0. The van der Waals surface area contributed by atoms with Crippen LogP contribution in [0.1, 0.15) is 36.0 Å². The van der Waals surface area contributed by atoms with Crippen molar-refractivity contribution in [1.29, 1.82) is 0 Å². The Labute approximate surface area is 118 Å². The number of hydrogen-bond acceptors (Lipinski definition) is 4. The number of fused-ring (bicyclic) bond motifs is 1. The molecule has 2 saturated heterocycles. The van der Waals surface area contributed by atoms with Crippen molar-refractivity contribution < 1.29 is 15.0 Å². The number of rotatable bonds is 2. The maximum Gasteiger partial charge on any atom is 0.259 e. The van der Waals surface area contributed by atoms with Gasteiger partial charge in [-0.1, -0.05) is 6.07 Å². The standard InChI is InChI=1S/C15H20N2O3/c18-12-4-1-5-13(19)14(12)15(20)16-10-6-8-17-7-2-3-11(17)9-10/h1,4-5,10-11,18-19H,2-3,6-9H2,(H,16,20). The van der Waals surface area contributed by atoms with Crippen molar-refractivity contribution in [2.75, 3.05) is 13.1 Å². The lowest BCUT2D eigenvalue weighted by molar-refractivity contribution is 0.0891. The molecule has 108 valence electrons. The van der Waals surface area contributed by atoms with E-state index in [9.17, 15) is 15.0 Å². The van der Waals surface area contributed by atoms with E-state index in [4.69, 9.17) is 0 Å². The molecule has 2 unspecified atom stereocenters. The van der Waals surface area contributed by atoms with Crippen LogP contribution in [0.15, 0.2) is 18.2 Å². The van der Waals surface area contributed by atoms with Gasteiger partial charge in [-0.3, -0.25) is 4.79 Å². The Balaban J connectivity index is 1.67. The Hall–Kier alpha value is -1.75. The van der Waals surface area contributed by atoms with E-state index in [0.717, 1.165) is 19.4 Å². The van der Waals surface area contributed by atoms with Crippen molar-refractivity contribution in [3.8, 4) is 11.5 Å². The van der Waals surface area contributed by atoms with Gasteiger partial charge in [0.15, 0.2) is 0 Å². The van der Waals surface area contributed by atoms with Gasteiger partial charge in [0.05, 0.1) is 0 Å². The number of benzene rings is 1. The minimum atomic E-state index is -0.392. The van der Waals surface area contributed by atoms with Crippen LogP contribution in [-0.4, -0.2) is 46.2 Å². The third kappa shape index (κ3) is 2.45. The first-order valence-electron chi connectivity index (χ1n) is 7.21. The predicted octanol–water partition coefficient (Wildman–Crippen LogP) is 1.45. The highest BCUT2D eigenvalue weighted by Crippen LogP contribution is 2.29. The molecule has 5 nitrogen and oxygen atoms in total. The first-order valence-corrected chi connectivity index (χ1v) is 7.21. The molecule has 5 heteroatoms. The van der Waals surface area contributed by atoms with E-state index in [1.165, 1.54) is 37.6 Å². The van der Waals surface area contributed by atoms with E-state index < -0.39 is 5.91 Å². The molecule has 1 aromatic rings. The van der Waals surface area contributed by atoms with E-state index in [1.54, 1.807) is 0 Å². The van der Waals surface area contributed by atoms with Crippen LogP contribution in [0.25, 0.3) is 0 Å². The zero-order valence-corrected chi connectivity index (χ0v) is 11.4. The van der Waals surface area contributed by atoms with Gasteiger partial charge in [0.2, 0.25) is 0 Å². The largest absolute Gasteiger partial charge is 0.507 e. The molecular formula is C15H20N2O3. The normalized spacial score (nSPS) is 26.2. The number of amides is 1. The molecule has 3 rings (SSSR count). The minimum absolute atomic E-state index is 0.0265. The lowest BCUT2D eigenvalue weighted by Gasteiger charge is -2.35. The molecule has 0 aliphatic carbocycles. The Morgan fingerprint density at radius 1 is 1.20 bits per heavy atom. The number of carbonyl (C=O) groups excluding carboxylic acids is 1. The van der Waals surface area contributed by atoms with E-state index in [1.807, 2.05) is 0 Å². The zero-order chi connectivity index (χ0) is 14.1. The summed E-state index contributed by atoms with van der Waals surface area (Å²) in [6.07, 6.45) is 4.33. The quantitative estimate of drug-likeness (QED) is 0.764. The maximum atomic E-state index is 12.2. The third-order valence-corrected chi connectivity index (χ3v) is 4.40. The summed E-state index contributed by atoms with van der Waals surface area (Å²) in [5, 5.41) is 22.4. The summed E-state index contributed by atoms with van der Waals surface area (Å²) in [4.78, 5) is 14.7. The van der Waals surface area contributed by atoms with E-state index in [0.29, 0.717) is 6.04 Å². The SMILES string of the molecule is O=C(NC1CCN2CCCC2C1)c1c(O)cccc1O. The fourth-order valence-electron chi connectivity index (χ4n) is 3.37. The molecule has 2 fully saturated rings. The van der Waals surface area contributed by atoms with Crippen molar-refractivity contribution in [3.63, 3.8) is 0 Å². The molecule has 1 amide bonds. The van der Waals surface area contributed by atoms with Crippen molar-refractivity contribution in [2.24, 2.45) is 0 Å². The molecule has 2 atom stereocenters. The molecule has 2 heterocycles. The highest BCUT2D eigenvalue weighted by molar-refractivity contribution is 5.99. The second kappa shape index (κ2) is 5.32. The van der Waals surface area contributed by atoms with Gasteiger partial charge in [-0.2, -0.15) is 0 Å². The van der Waals surface area contributed by atoms with Gasteiger partial charge >= 0.3 is 0 Å². The van der Waals surface area contributed by atoms with Gasteiger partial charge < -0.3 is 20.4 Å². The number of hydrogen-bond donors (Lipinski definition) is 3. The van der Waals surface area contributed by atoms with Crippen LogP contribution in [0, 0.1) is 0 Å². The molecule has 1 aromatic carbocycles. The van der Waals surface area contributed by atoms with Gasteiger partial charge in [0.25, 0.3) is 5.91 Å². The molecule has 0 aromatic heterocycles. The number of nitrogens with zero attached hydrogens (tertiary/aromatic N) is 1. The topological polar surface area (TPSA) is 72.8 Å². The first kappa shape index (κ1) is 13.2. The van der Waals surface area contributed by atoms with Crippen LogP contribution < -0.4 is 5.32 Å². The number of aromatic hydroxyl groups is 2. The van der Waals surface area contributed by atoms with E-state index in [-0.39, 0.29) is 23.1 Å². The minimum Gasteiger partial charge on any atom is -0.507 e. The van der Waals surface area contributed by atoms with Gasteiger partial charge in [0, 0.05) is 18.6 Å². The Morgan fingerprint density at radius 2 is 1.95 bits per heavy atom. The molecule has 2 aliphatic heterocycles. The van der Waals surface area contributed by atoms with Crippen LogP contribution in [0.4, 0.5) is 0 Å². The second-order valence-corrected chi connectivity index (χ2v) is 5.70. The fourth-order valence-corrected chi connectivity index (χ4v) is 3.37. The van der Waals surface area contributed by atoms with E-state index >= 15 is 0 Å². The van der Waals surface area contributed by atoms with Crippen molar-refractivity contribution in [2.45, 2.75) is 37.8 Å². The smallest absolute Gasteiger partial charge is 0.259 e. The van der Waals surface area contributed by atoms with Crippen molar-refractivity contribution in [1.82, 2.24) is 10.2 Å².